The first-order valence-corrected chi connectivity index (χ1v) is 13.3. The monoisotopic (exact) mass is 548 g/mol. The zero-order valence-electron chi connectivity index (χ0n) is 21.8. The second-order valence-electron chi connectivity index (χ2n) is 9.52. The Morgan fingerprint density at radius 2 is 1.68 bits per heavy atom. The summed E-state index contributed by atoms with van der Waals surface area (Å²) in [6.07, 6.45) is 3.57. The molecule has 3 aromatic carbocycles. The molecule has 0 aliphatic heterocycles. The maximum Gasteiger partial charge on any atom is 0.265 e. The van der Waals surface area contributed by atoms with Crippen molar-refractivity contribution in [1.82, 2.24) is 4.90 Å². The van der Waals surface area contributed by atoms with E-state index < -0.39 is 0 Å². The lowest BCUT2D eigenvalue weighted by Crippen LogP contribution is -2.33. The maximum atomic E-state index is 13.4. The van der Waals surface area contributed by atoms with Crippen LogP contribution in [0.2, 0.25) is 10.0 Å². The molecule has 0 bridgehead atoms. The molecule has 196 valence electrons. The number of hydrogen-bond donors (Lipinski definition) is 0. The first-order valence-electron chi connectivity index (χ1n) is 12.6. The molecule has 38 heavy (non-hydrogen) atoms. The number of carbonyl (C=O) groups is 1. The second kappa shape index (κ2) is 12.4. The zero-order chi connectivity index (χ0) is 27.2. The Labute approximate surface area is 234 Å². The smallest absolute Gasteiger partial charge is 0.265 e. The summed E-state index contributed by atoms with van der Waals surface area (Å²) in [5, 5.41) is 10.7. The Morgan fingerprint density at radius 3 is 2.32 bits per heavy atom. The fourth-order valence-electron chi connectivity index (χ4n) is 4.17. The standard InChI is InChI=1S/C31H30Cl2N2O3/c1-20-15-28(32)30(29(33)16-20)38-14-13-37-27-11-7-23(8-12-27)17-25(18-34)31(36)35(26-9-10-26)19-24-6-4-5-21(2)22(24)3/h4-8,11-12,15-17,26H,9-10,13-14,19H2,1-3H3. The number of benzene rings is 3. The van der Waals surface area contributed by atoms with Gasteiger partial charge in [0.2, 0.25) is 0 Å². The van der Waals surface area contributed by atoms with Crippen LogP contribution in [-0.4, -0.2) is 30.1 Å². The van der Waals surface area contributed by atoms with Crippen LogP contribution in [0.3, 0.4) is 0 Å². The van der Waals surface area contributed by atoms with Crippen molar-refractivity contribution in [3.05, 3.63) is 98.0 Å². The highest BCUT2D eigenvalue weighted by molar-refractivity contribution is 6.37. The third kappa shape index (κ3) is 6.89. The summed E-state index contributed by atoms with van der Waals surface area (Å²) < 4.78 is 11.4. The normalized spacial score (nSPS) is 13.1. The summed E-state index contributed by atoms with van der Waals surface area (Å²) in [7, 11) is 0. The molecule has 0 heterocycles. The Balaban J connectivity index is 1.37. The summed E-state index contributed by atoms with van der Waals surface area (Å²) >= 11 is 12.4. The molecule has 0 aromatic heterocycles. The van der Waals surface area contributed by atoms with Crippen LogP contribution in [0.15, 0.2) is 60.2 Å². The topological polar surface area (TPSA) is 62.6 Å². The molecule has 0 atom stereocenters. The molecule has 0 saturated heterocycles. The van der Waals surface area contributed by atoms with Crippen LogP contribution in [0.5, 0.6) is 11.5 Å². The lowest BCUT2D eigenvalue weighted by Gasteiger charge is -2.23. The number of aryl methyl sites for hydroxylation is 2. The number of nitriles is 1. The van der Waals surface area contributed by atoms with Crippen molar-refractivity contribution >= 4 is 35.2 Å². The van der Waals surface area contributed by atoms with Gasteiger partial charge in [0.15, 0.2) is 5.75 Å². The van der Waals surface area contributed by atoms with Gasteiger partial charge in [-0.25, -0.2) is 0 Å². The second-order valence-corrected chi connectivity index (χ2v) is 10.3. The number of ether oxygens (including phenoxy) is 2. The van der Waals surface area contributed by atoms with Gasteiger partial charge >= 0.3 is 0 Å². The lowest BCUT2D eigenvalue weighted by molar-refractivity contribution is -0.127. The predicted octanol–water partition coefficient (Wildman–Crippen LogP) is 7.47. The minimum atomic E-state index is -0.234. The van der Waals surface area contributed by atoms with Crippen LogP contribution in [0, 0.1) is 32.1 Å². The average Bonchev–Trinajstić information content (AvgIpc) is 3.73. The van der Waals surface area contributed by atoms with Crippen molar-refractivity contribution in [1.29, 1.82) is 5.26 Å². The number of hydrogen-bond acceptors (Lipinski definition) is 4. The lowest BCUT2D eigenvalue weighted by atomic mass is 10.0. The minimum absolute atomic E-state index is 0.121. The quantitative estimate of drug-likeness (QED) is 0.150. The Kier molecular flexibility index (Phi) is 8.99. The number of amides is 1. The van der Waals surface area contributed by atoms with E-state index >= 15 is 0 Å². The van der Waals surface area contributed by atoms with E-state index in [0.29, 0.717) is 34.7 Å². The van der Waals surface area contributed by atoms with Crippen molar-refractivity contribution in [3.63, 3.8) is 0 Å². The van der Waals surface area contributed by atoms with Crippen LogP contribution in [0.25, 0.3) is 6.08 Å². The largest absolute Gasteiger partial charge is 0.490 e. The molecule has 0 N–H and O–H groups in total. The maximum absolute atomic E-state index is 13.4. The summed E-state index contributed by atoms with van der Waals surface area (Å²) in [5.74, 6) is 0.850. The van der Waals surface area contributed by atoms with Crippen LogP contribution >= 0.6 is 23.2 Å². The summed E-state index contributed by atoms with van der Waals surface area (Å²) in [5.41, 5.74) is 5.31. The van der Waals surface area contributed by atoms with E-state index in [4.69, 9.17) is 32.7 Å². The molecule has 3 aromatic rings. The number of rotatable bonds is 10. The third-order valence-corrected chi connectivity index (χ3v) is 7.15. The van der Waals surface area contributed by atoms with Gasteiger partial charge in [0, 0.05) is 12.6 Å². The number of halogens is 2. The summed E-state index contributed by atoms with van der Waals surface area (Å²) in [6, 6.07) is 19.2. The van der Waals surface area contributed by atoms with Crippen molar-refractivity contribution in [2.45, 2.75) is 46.2 Å². The molecular formula is C31H30Cl2N2O3. The molecule has 1 amide bonds. The molecule has 1 fully saturated rings. The van der Waals surface area contributed by atoms with Crippen LogP contribution in [0.1, 0.15) is 40.7 Å². The summed E-state index contributed by atoms with van der Waals surface area (Å²) in [4.78, 5) is 15.2. The molecule has 1 aliphatic rings. The zero-order valence-corrected chi connectivity index (χ0v) is 23.3. The van der Waals surface area contributed by atoms with E-state index in [1.54, 1.807) is 30.3 Å². The Hall–Kier alpha value is -3.46. The van der Waals surface area contributed by atoms with Gasteiger partial charge in [-0.3, -0.25) is 4.79 Å². The average molecular weight is 549 g/mol. The fraction of sp³-hybridized carbons (Fsp3) is 0.290. The Bertz CT molecular complexity index is 1370. The summed E-state index contributed by atoms with van der Waals surface area (Å²) in [6.45, 7) is 7.13. The molecule has 0 spiro atoms. The van der Waals surface area contributed by atoms with Crippen LogP contribution in [-0.2, 0) is 11.3 Å². The van der Waals surface area contributed by atoms with E-state index in [-0.39, 0.29) is 24.1 Å². The van der Waals surface area contributed by atoms with Crippen LogP contribution in [0.4, 0.5) is 0 Å². The molecule has 7 heteroatoms. The van der Waals surface area contributed by atoms with Crippen molar-refractivity contribution in [2.75, 3.05) is 13.2 Å². The van der Waals surface area contributed by atoms with E-state index in [1.165, 1.54) is 11.1 Å². The van der Waals surface area contributed by atoms with E-state index in [0.717, 1.165) is 29.5 Å². The highest BCUT2D eigenvalue weighted by atomic mass is 35.5. The first kappa shape index (κ1) is 27.6. The van der Waals surface area contributed by atoms with Crippen molar-refractivity contribution < 1.29 is 14.3 Å². The van der Waals surface area contributed by atoms with E-state index in [9.17, 15) is 10.1 Å². The Morgan fingerprint density at radius 1 is 1.03 bits per heavy atom. The molecule has 1 aliphatic carbocycles. The van der Waals surface area contributed by atoms with Gasteiger partial charge in [-0.2, -0.15) is 5.26 Å². The highest BCUT2D eigenvalue weighted by Crippen LogP contribution is 2.34. The van der Waals surface area contributed by atoms with E-state index in [1.807, 2.05) is 30.0 Å². The van der Waals surface area contributed by atoms with Gasteiger partial charge in [-0.15, -0.1) is 0 Å². The van der Waals surface area contributed by atoms with Crippen LogP contribution < -0.4 is 9.47 Å². The van der Waals surface area contributed by atoms with Gasteiger partial charge in [0.05, 0.1) is 10.0 Å². The minimum Gasteiger partial charge on any atom is -0.490 e. The molecule has 0 radical (unpaired) electrons. The van der Waals surface area contributed by atoms with Gasteiger partial charge in [0.25, 0.3) is 5.91 Å². The fourth-order valence-corrected chi connectivity index (χ4v) is 4.88. The molecule has 0 unspecified atom stereocenters. The van der Waals surface area contributed by atoms with E-state index in [2.05, 4.69) is 32.0 Å². The van der Waals surface area contributed by atoms with Crippen molar-refractivity contribution in [2.24, 2.45) is 0 Å². The highest BCUT2D eigenvalue weighted by Gasteiger charge is 2.34. The third-order valence-electron chi connectivity index (χ3n) is 6.59. The van der Waals surface area contributed by atoms with Gasteiger partial charge < -0.3 is 14.4 Å². The molecule has 1 saturated carbocycles. The molecular weight excluding hydrogens is 519 g/mol. The molecule has 5 nitrogen and oxygen atoms in total. The number of carbonyl (C=O) groups excluding carboxylic acids is 1. The van der Waals surface area contributed by atoms with Gasteiger partial charge in [-0.05, 0) is 91.8 Å². The predicted molar refractivity (Wildman–Crippen MR) is 152 cm³/mol. The van der Waals surface area contributed by atoms with Gasteiger partial charge in [0.1, 0.15) is 30.6 Å². The molecule has 4 rings (SSSR count). The first-order chi connectivity index (χ1) is 18.3. The van der Waals surface area contributed by atoms with Crippen molar-refractivity contribution in [3.8, 4) is 17.6 Å². The number of nitrogens with zero attached hydrogens (tertiary/aromatic N) is 2. The van der Waals surface area contributed by atoms with Gasteiger partial charge in [-0.1, -0.05) is 53.5 Å². The SMILES string of the molecule is Cc1cc(Cl)c(OCCOc2ccc(C=C(C#N)C(=O)N(Cc3cccc(C)c3C)C3CC3)cc2)c(Cl)c1.